The van der Waals surface area contributed by atoms with Gasteiger partial charge in [-0.3, -0.25) is 38.4 Å². The predicted molar refractivity (Wildman–Crippen MR) is 290 cm³/mol. The lowest BCUT2D eigenvalue weighted by Crippen LogP contribution is -2.66. The van der Waals surface area contributed by atoms with E-state index < -0.39 is 97.9 Å². The summed E-state index contributed by atoms with van der Waals surface area (Å²) in [6, 6.07) is 23.9. The van der Waals surface area contributed by atoms with Crippen LogP contribution in [0.3, 0.4) is 0 Å². The molecule has 2 aliphatic heterocycles. The minimum atomic E-state index is -2.70. The molecule has 2 fully saturated rings. The number of aromatic nitrogens is 2. The van der Waals surface area contributed by atoms with E-state index in [0.717, 1.165) is 30.5 Å². The normalized spacial score (nSPS) is 22.0. The van der Waals surface area contributed by atoms with E-state index in [-0.39, 0.29) is 61.6 Å². The van der Waals surface area contributed by atoms with Crippen LogP contribution in [0.15, 0.2) is 94.6 Å². The van der Waals surface area contributed by atoms with Crippen molar-refractivity contribution in [3.05, 3.63) is 135 Å². The molecule has 1 aromatic heterocycles. The van der Waals surface area contributed by atoms with Gasteiger partial charge in [-0.15, -0.1) is 0 Å². The number of esters is 2. The van der Waals surface area contributed by atoms with Crippen LogP contribution in [-0.2, 0) is 57.6 Å². The zero-order valence-electron chi connectivity index (χ0n) is 46.8. The van der Waals surface area contributed by atoms with Gasteiger partial charge in [0.05, 0.1) is 40.5 Å². The maximum Gasteiger partial charge on any atom is 0.330 e. The number of carbonyl (C=O) groups excluding carboxylic acids is 3. The van der Waals surface area contributed by atoms with Gasteiger partial charge in [-0.25, -0.2) is 4.79 Å². The Morgan fingerprint density at radius 1 is 0.821 bits per heavy atom. The van der Waals surface area contributed by atoms with Gasteiger partial charge in [0.25, 0.3) is 5.56 Å². The van der Waals surface area contributed by atoms with E-state index in [1.165, 1.54) is 24.1 Å². The van der Waals surface area contributed by atoms with E-state index in [1.54, 1.807) is 21.1 Å². The molecular formula is C57H77N4O16Si. The second-order valence-electron chi connectivity index (χ2n) is 20.9. The molecule has 0 saturated carbocycles. The monoisotopic (exact) mass is 1100 g/mol. The van der Waals surface area contributed by atoms with Crippen LogP contribution < -0.4 is 26.0 Å². The number of amides is 1. The van der Waals surface area contributed by atoms with Gasteiger partial charge in [0.2, 0.25) is 5.91 Å². The highest BCUT2D eigenvalue weighted by atomic mass is 28.4. The molecule has 1 radical (unpaired) electrons. The van der Waals surface area contributed by atoms with Gasteiger partial charge in [0, 0.05) is 58.6 Å². The number of carboxylic acid groups (broad SMARTS) is 1. The molecule has 0 unspecified atom stereocenters. The summed E-state index contributed by atoms with van der Waals surface area (Å²) < 4.78 is 59.2. The predicted octanol–water partition coefficient (Wildman–Crippen LogP) is 6.42. The van der Waals surface area contributed by atoms with E-state index in [4.69, 9.17) is 42.3 Å². The van der Waals surface area contributed by atoms with Crippen LogP contribution in [0.25, 0.3) is 0 Å². The van der Waals surface area contributed by atoms with Gasteiger partial charge < -0.3 is 52.7 Å². The molecule has 4 aromatic rings. The smallest absolute Gasteiger partial charge is 0.330 e. The molecule has 1 amide bonds. The van der Waals surface area contributed by atoms with Crippen LogP contribution >= 0.6 is 0 Å². The molecule has 0 spiro atoms. The molecule has 425 valence electrons. The highest BCUT2D eigenvalue weighted by Crippen LogP contribution is 2.46. The summed E-state index contributed by atoms with van der Waals surface area (Å²) in [7, 11) is 0.498. The fourth-order valence-electron chi connectivity index (χ4n) is 11.2. The first-order valence-corrected chi connectivity index (χ1v) is 28.4. The first-order valence-electron chi connectivity index (χ1n) is 26.3. The summed E-state index contributed by atoms with van der Waals surface area (Å²) in [5, 5.41) is 12.4. The summed E-state index contributed by atoms with van der Waals surface area (Å²) >= 11 is 0. The molecule has 0 aliphatic carbocycles. The Hall–Kier alpha value is -6.20. The lowest BCUT2D eigenvalue weighted by Gasteiger charge is -2.50. The Morgan fingerprint density at radius 3 is 1.88 bits per heavy atom. The summed E-state index contributed by atoms with van der Waals surface area (Å²) in [6.07, 6.45) is -4.22. The number of morpholine rings is 1. The molecular weight excluding hydrogens is 1020 g/mol. The van der Waals surface area contributed by atoms with Crippen molar-refractivity contribution in [3.63, 3.8) is 0 Å². The quantitative estimate of drug-likeness (QED) is 0.0368. The van der Waals surface area contributed by atoms with Crippen molar-refractivity contribution in [2.45, 2.75) is 140 Å². The Bertz CT molecular complexity index is 2700. The number of ether oxygens (including phenoxy) is 8. The summed E-state index contributed by atoms with van der Waals surface area (Å²) in [6.45, 7) is 18.3. The second-order valence-corrected chi connectivity index (χ2v) is 26.4. The number of carbonyl (C=O) groups is 4. The molecule has 0 bridgehead atoms. The maximum absolute atomic E-state index is 14.0. The average Bonchev–Trinajstić information content (AvgIpc) is 3.48. The van der Waals surface area contributed by atoms with Crippen molar-refractivity contribution in [3.8, 4) is 11.5 Å². The molecule has 3 heterocycles. The van der Waals surface area contributed by atoms with Crippen molar-refractivity contribution < 1.29 is 66.6 Å². The van der Waals surface area contributed by atoms with Crippen LogP contribution in [0, 0.1) is 13.3 Å². The summed E-state index contributed by atoms with van der Waals surface area (Å²) in [5.74, 6) is -2.02. The number of aryl methyl sites for hydroxylation is 1. The topological polar surface area (TPSA) is 242 Å². The van der Waals surface area contributed by atoms with E-state index in [9.17, 15) is 33.9 Å². The Balaban J connectivity index is 1.50. The molecule has 21 heteroatoms. The van der Waals surface area contributed by atoms with Crippen LogP contribution in [0.2, 0.25) is 16.6 Å². The molecule has 7 atom stereocenters. The zero-order chi connectivity index (χ0) is 57.1. The van der Waals surface area contributed by atoms with Crippen molar-refractivity contribution >= 4 is 32.1 Å². The lowest BCUT2D eigenvalue weighted by molar-refractivity contribution is -0.268. The largest absolute Gasteiger partial charge is 0.497 e. The summed E-state index contributed by atoms with van der Waals surface area (Å²) in [5.41, 5.74) is -0.903. The molecule has 3 N–H and O–H groups in total. The first-order chi connectivity index (χ1) is 37.0. The molecule has 2 saturated heterocycles. The standard InChI is InChI=1S/C57H77N4O16Si/c1-35(2)78(36(3)4,37(5)6)73-34-56(33-72-57(42-16-14-13-15-17-42,43-18-22-45(69-11)23-19-43)44-20-24-46(70-12)25-21-44)32-60(31-48(77-56)61-30-38(7)53(67)59-55(61)68)28-29-71-54-50(58-39(8)62)52(75-41(10)64)51(74-40(9)63)47(76-54)26-27-49(65)66/h13-26,30,35-37,47-48,50-52,54H,27-29,31-34H2,1-12H3,(H,58,62)(H,65,66)(H,59,67,68)/t47-,48-,50-,51-,52-,54-,56+/m1/s1. The number of methoxy groups -OCH3 is 2. The SMILES string of the molecule is COc1ccc(C(OC[C@]2(CO[Si](C(C)C)(C(C)C)C(C)C)CN(CCO[C@@H]3O[C@H]([CH]CC(=O)O)[C@@H](OC(C)=O)[C@H](OC(C)=O)[C@H]3NC(C)=O)C[C@H](n3cc(C)c(=O)[nH]c3=O)O2)(c2ccccc2)c2ccc(OC)cc2)cc1. The molecule has 2 aliphatic rings. The number of aromatic amines is 1. The lowest BCUT2D eigenvalue weighted by atomic mass is 9.79. The number of aliphatic carboxylic acids is 1. The van der Waals surface area contributed by atoms with Gasteiger partial charge >= 0.3 is 23.6 Å². The minimum absolute atomic E-state index is 0.00777. The number of nitrogens with one attached hydrogen (secondary N) is 2. The van der Waals surface area contributed by atoms with E-state index in [1.807, 2.05) is 83.8 Å². The number of benzene rings is 3. The highest BCUT2D eigenvalue weighted by molar-refractivity contribution is 6.77. The molecule has 3 aromatic carbocycles. The maximum atomic E-state index is 14.0. The Labute approximate surface area is 457 Å². The van der Waals surface area contributed by atoms with Gasteiger partial charge in [-0.1, -0.05) is 96.1 Å². The van der Waals surface area contributed by atoms with E-state index >= 15 is 0 Å². The van der Waals surface area contributed by atoms with Crippen molar-refractivity contribution in [2.24, 2.45) is 0 Å². The number of hydrogen-bond donors (Lipinski definition) is 3. The van der Waals surface area contributed by atoms with E-state index in [2.05, 4.69) is 51.8 Å². The van der Waals surface area contributed by atoms with Gasteiger partial charge in [0.15, 0.2) is 33.0 Å². The third-order valence-electron chi connectivity index (χ3n) is 14.6. The van der Waals surface area contributed by atoms with E-state index in [0.29, 0.717) is 11.5 Å². The number of nitrogens with zero attached hydrogens (tertiary/aromatic N) is 2. The van der Waals surface area contributed by atoms with Gasteiger partial charge in [0.1, 0.15) is 34.8 Å². The number of hydrogen-bond acceptors (Lipinski definition) is 16. The van der Waals surface area contributed by atoms with Crippen molar-refractivity contribution in [1.29, 1.82) is 0 Å². The van der Waals surface area contributed by atoms with Crippen molar-refractivity contribution in [2.75, 3.05) is 53.7 Å². The first kappa shape index (κ1) is 61.0. The molecule has 78 heavy (non-hydrogen) atoms. The highest BCUT2D eigenvalue weighted by Gasteiger charge is 2.53. The fraction of sp³-hybridized carbons (Fsp3) is 0.526. The number of H-pyrrole nitrogens is 1. The van der Waals surface area contributed by atoms with Gasteiger partial charge in [-0.05, 0) is 64.5 Å². The third-order valence-corrected chi connectivity index (χ3v) is 20.6. The fourth-order valence-corrected chi connectivity index (χ4v) is 16.7. The van der Waals surface area contributed by atoms with Crippen LogP contribution in [-0.4, -0.2) is 142 Å². The second kappa shape index (κ2) is 26.6. The molecule has 20 nitrogen and oxygen atoms in total. The Kier molecular flexibility index (Phi) is 20.8. The van der Waals surface area contributed by atoms with Crippen LogP contribution in [0.1, 0.15) is 97.2 Å². The number of carboxylic acids is 1. The summed E-state index contributed by atoms with van der Waals surface area (Å²) in [4.78, 5) is 81.1. The average molecular weight is 1100 g/mol. The molecule has 6 rings (SSSR count). The third kappa shape index (κ3) is 14.1. The van der Waals surface area contributed by atoms with Crippen LogP contribution in [0.4, 0.5) is 0 Å². The Morgan fingerprint density at radius 2 is 1.37 bits per heavy atom. The zero-order valence-corrected chi connectivity index (χ0v) is 47.8. The minimum Gasteiger partial charge on any atom is -0.497 e. The van der Waals surface area contributed by atoms with Crippen LogP contribution in [0.5, 0.6) is 11.5 Å². The van der Waals surface area contributed by atoms with Crippen molar-refractivity contribution in [1.82, 2.24) is 19.8 Å². The number of rotatable bonds is 25. The van der Waals surface area contributed by atoms with Gasteiger partial charge in [-0.2, -0.15) is 0 Å².